The van der Waals surface area contributed by atoms with Gasteiger partial charge in [0.1, 0.15) is 5.82 Å². The summed E-state index contributed by atoms with van der Waals surface area (Å²) in [6.07, 6.45) is 2.88. The molecule has 3 rings (SSSR count). The van der Waals surface area contributed by atoms with Gasteiger partial charge in [0.25, 0.3) is 0 Å². The van der Waals surface area contributed by atoms with Crippen LogP contribution in [0.5, 0.6) is 0 Å². The molecule has 0 radical (unpaired) electrons. The van der Waals surface area contributed by atoms with Gasteiger partial charge in [-0.25, -0.2) is 4.39 Å². The van der Waals surface area contributed by atoms with Gasteiger partial charge in [-0.15, -0.1) is 0 Å². The molecule has 0 aliphatic carbocycles. The van der Waals surface area contributed by atoms with Gasteiger partial charge in [-0.2, -0.15) is 0 Å². The van der Waals surface area contributed by atoms with Crippen LogP contribution in [0, 0.1) is 5.82 Å². The van der Waals surface area contributed by atoms with Crippen LogP contribution >= 0.6 is 0 Å². The van der Waals surface area contributed by atoms with Crippen LogP contribution in [0.2, 0.25) is 0 Å². The Hall–Kier alpha value is -2.73. The average Bonchev–Trinajstić information content (AvgIpc) is 2.69. The molecule has 1 aliphatic heterocycles. The fourth-order valence-corrected chi connectivity index (χ4v) is 3.41. The highest BCUT2D eigenvalue weighted by Crippen LogP contribution is 2.13. The molecule has 2 amide bonds. The SMILES string of the molecule is O=C(CN1CCC(NC(=O)CCc2ccccc2)CC1)Nc1cccc(F)c1. The van der Waals surface area contributed by atoms with Crippen molar-refractivity contribution in [3.63, 3.8) is 0 Å². The molecule has 2 aromatic rings. The number of aryl methyl sites for hydroxylation is 1. The maximum atomic E-state index is 13.2. The maximum Gasteiger partial charge on any atom is 0.238 e. The minimum atomic E-state index is -0.373. The summed E-state index contributed by atoms with van der Waals surface area (Å²) in [6, 6.07) is 16.0. The number of carbonyl (C=O) groups excluding carboxylic acids is 2. The second-order valence-electron chi connectivity index (χ2n) is 7.16. The zero-order chi connectivity index (χ0) is 19.8. The Morgan fingerprint density at radius 3 is 2.46 bits per heavy atom. The highest BCUT2D eigenvalue weighted by Gasteiger charge is 2.22. The summed E-state index contributed by atoms with van der Waals surface area (Å²) in [5, 5.41) is 5.82. The normalized spacial score (nSPS) is 15.2. The van der Waals surface area contributed by atoms with Crippen molar-refractivity contribution in [3.8, 4) is 0 Å². The smallest absolute Gasteiger partial charge is 0.238 e. The molecule has 0 bridgehead atoms. The first kappa shape index (κ1) is 20.0. The summed E-state index contributed by atoms with van der Waals surface area (Å²) in [5.41, 5.74) is 1.63. The number of anilines is 1. The maximum absolute atomic E-state index is 13.2. The molecule has 148 valence electrons. The minimum Gasteiger partial charge on any atom is -0.353 e. The molecular weight excluding hydrogens is 357 g/mol. The summed E-state index contributed by atoms with van der Waals surface area (Å²) in [5.74, 6) is -0.455. The number of amides is 2. The Kier molecular flexibility index (Phi) is 7.14. The van der Waals surface area contributed by atoms with E-state index in [1.54, 1.807) is 12.1 Å². The monoisotopic (exact) mass is 383 g/mol. The van der Waals surface area contributed by atoms with Crippen molar-refractivity contribution in [2.45, 2.75) is 31.7 Å². The highest BCUT2D eigenvalue weighted by molar-refractivity contribution is 5.92. The first-order chi connectivity index (χ1) is 13.6. The van der Waals surface area contributed by atoms with Crippen LogP contribution in [0.1, 0.15) is 24.8 Å². The molecule has 0 aromatic heterocycles. The average molecular weight is 383 g/mol. The Morgan fingerprint density at radius 1 is 1.00 bits per heavy atom. The molecule has 2 aromatic carbocycles. The predicted octanol–water partition coefficient (Wildman–Crippen LogP) is 2.98. The summed E-state index contributed by atoms with van der Waals surface area (Å²) < 4.78 is 13.2. The zero-order valence-electron chi connectivity index (χ0n) is 15.9. The summed E-state index contributed by atoms with van der Waals surface area (Å²) in [7, 11) is 0. The predicted molar refractivity (Wildman–Crippen MR) is 107 cm³/mol. The number of nitrogens with zero attached hydrogens (tertiary/aromatic N) is 1. The molecule has 5 nitrogen and oxygen atoms in total. The largest absolute Gasteiger partial charge is 0.353 e. The van der Waals surface area contributed by atoms with Gasteiger partial charge in [0.05, 0.1) is 6.54 Å². The van der Waals surface area contributed by atoms with E-state index in [9.17, 15) is 14.0 Å². The van der Waals surface area contributed by atoms with E-state index in [1.165, 1.54) is 12.1 Å². The van der Waals surface area contributed by atoms with Crippen LogP contribution in [0.4, 0.5) is 10.1 Å². The van der Waals surface area contributed by atoms with Crippen LogP contribution in [0.15, 0.2) is 54.6 Å². The van der Waals surface area contributed by atoms with Gasteiger partial charge in [0.2, 0.25) is 11.8 Å². The number of rotatable bonds is 7. The van der Waals surface area contributed by atoms with Gasteiger partial charge < -0.3 is 10.6 Å². The third kappa shape index (κ3) is 6.46. The highest BCUT2D eigenvalue weighted by atomic mass is 19.1. The Balaban J connectivity index is 1.34. The van der Waals surface area contributed by atoms with Crippen LogP contribution < -0.4 is 10.6 Å². The fraction of sp³-hybridized carbons (Fsp3) is 0.364. The van der Waals surface area contributed by atoms with Gasteiger partial charge >= 0.3 is 0 Å². The van der Waals surface area contributed by atoms with Crippen LogP contribution in [0.25, 0.3) is 0 Å². The quantitative estimate of drug-likeness (QED) is 0.773. The second-order valence-corrected chi connectivity index (χ2v) is 7.16. The third-order valence-electron chi connectivity index (χ3n) is 4.91. The number of nitrogens with one attached hydrogen (secondary N) is 2. The van der Waals surface area contributed by atoms with E-state index in [0.29, 0.717) is 12.1 Å². The van der Waals surface area contributed by atoms with Crippen molar-refractivity contribution < 1.29 is 14.0 Å². The summed E-state index contributed by atoms with van der Waals surface area (Å²) in [4.78, 5) is 26.3. The molecule has 0 unspecified atom stereocenters. The van der Waals surface area contributed by atoms with Gasteiger partial charge in [0.15, 0.2) is 0 Å². The molecule has 0 spiro atoms. The lowest BCUT2D eigenvalue weighted by Crippen LogP contribution is -2.46. The standard InChI is InChI=1S/C22H26FN3O2/c23-18-7-4-8-20(15-18)25-22(28)16-26-13-11-19(12-14-26)24-21(27)10-9-17-5-2-1-3-6-17/h1-8,15,19H,9-14,16H2,(H,24,27)(H,25,28). The molecule has 0 atom stereocenters. The number of hydrogen-bond donors (Lipinski definition) is 2. The molecule has 1 saturated heterocycles. The summed E-state index contributed by atoms with van der Waals surface area (Å²) >= 11 is 0. The molecule has 1 fully saturated rings. The number of halogens is 1. The van der Waals surface area contributed by atoms with Crippen molar-refractivity contribution >= 4 is 17.5 Å². The first-order valence-corrected chi connectivity index (χ1v) is 9.69. The van der Waals surface area contributed by atoms with Crippen LogP contribution in [-0.2, 0) is 16.0 Å². The van der Waals surface area contributed by atoms with E-state index >= 15 is 0 Å². The van der Waals surface area contributed by atoms with Crippen molar-refractivity contribution in [3.05, 3.63) is 66.0 Å². The second kappa shape index (κ2) is 9.99. The van der Waals surface area contributed by atoms with Gasteiger partial charge in [-0.1, -0.05) is 36.4 Å². The molecule has 1 heterocycles. The lowest BCUT2D eigenvalue weighted by atomic mass is 10.0. The Bertz CT molecular complexity index is 789. The number of likely N-dealkylation sites (tertiary alicyclic amines) is 1. The minimum absolute atomic E-state index is 0.0751. The molecule has 1 aliphatic rings. The van der Waals surface area contributed by atoms with E-state index in [4.69, 9.17) is 0 Å². The number of benzene rings is 2. The molecule has 28 heavy (non-hydrogen) atoms. The molecule has 2 N–H and O–H groups in total. The molecular formula is C22H26FN3O2. The topological polar surface area (TPSA) is 61.4 Å². The van der Waals surface area contributed by atoms with Crippen molar-refractivity contribution in [2.24, 2.45) is 0 Å². The number of hydrogen-bond acceptors (Lipinski definition) is 3. The molecule has 6 heteroatoms. The lowest BCUT2D eigenvalue weighted by molar-refractivity contribution is -0.122. The van der Waals surface area contributed by atoms with Crippen molar-refractivity contribution in [1.29, 1.82) is 0 Å². The Morgan fingerprint density at radius 2 is 1.75 bits per heavy atom. The van der Waals surface area contributed by atoms with E-state index in [0.717, 1.165) is 37.9 Å². The lowest BCUT2D eigenvalue weighted by Gasteiger charge is -2.31. The fourth-order valence-electron chi connectivity index (χ4n) is 3.41. The summed E-state index contributed by atoms with van der Waals surface area (Å²) in [6.45, 7) is 1.77. The Labute approximate surface area is 164 Å². The van der Waals surface area contributed by atoms with E-state index in [-0.39, 0.29) is 30.2 Å². The van der Waals surface area contributed by atoms with Gasteiger partial charge in [-0.3, -0.25) is 14.5 Å². The number of carbonyl (C=O) groups is 2. The van der Waals surface area contributed by atoms with E-state index < -0.39 is 0 Å². The van der Waals surface area contributed by atoms with Crippen molar-refractivity contribution in [1.82, 2.24) is 10.2 Å². The van der Waals surface area contributed by atoms with E-state index in [1.807, 2.05) is 30.3 Å². The van der Waals surface area contributed by atoms with E-state index in [2.05, 4.69) is 15.5 Å². The van der Waals surface area contributed by atoms with Crippen LogP contribution in [0.3, 0.4) is 0 Å². The van der Waals surface area contributed by atoms with Crippen LogP contribution in [-0.4, -0.2) is 42.4 Å². The van der Waals surface area contributed by atoms with Gasteiger partial charge in [0, 0.05) is 31.2 Å². The van der Waals surface area contributed by atoms with Gasteiger partial charge in [-0.05, 0) is 43.0 Å². The number of piperidine rings is 1. The molecule has 0 saturated carbocycles. The first-order valence-electron chi connectivity index (χ1n) is 9.69. The third-order valence-corrected chi connectivity index (χ3v) is 4.91. The zero-order valence-corrected chi connectivity index (χ0v) is 15.9. The van der Waals surface area contributed by atoms with Crippen molar-refractivity contribution in [2.75, 3.05) is 25.0 Å².